The van der Waals surface area contributed by atoms with E-state index < -0.39 is 22.0 Å². The van der Waals surface area contributed by atoms with E-state index in [1.807, 2.05) is 11.6 Å². The smallest absolute Gasteiger partial charge is 0.348 e. The van der Waals surface area contributed by atoms with Crippen LogP contribution in [-0.4, -0.2) is 55.0 Å². The van der Waals surface area contributed by atoms with Crippen LogP contribution in [0.5, 0.6) is 0 Å². The van der Waals surface area contributed by atoms with Crippen LogP contribution in [0.2, 0.25) is 0 Å². The first-order valence-corrected chi connectivity index (χ1v) is 9.63. The molecule has 1 N–H and O–H groups in total. The number of imidazole rings is 1. The zero-order chi connectivity index (χ0) is 17.3. The van der Waals surface area contributed by atoms with Gasteiger partial charge in [-0.1, -0.05) is 0 Å². The molecule has 8 nitrogen and oxygen atoms in total. The van der Waals surface area contributed by atoms with Gasteiger partial charge >= 0.3 is 5.97 Å². The molecule has 2 aromatic rings. The number of halogens is 1. The molecular weight excluding hydrogens is 388 g/mol. The number of aryl methyl sites for hydroxylation is 1. The Bertz CT molecular complexity index is 849. The number of rotatable bonds is 4. The third kappa shape index (κ3) is 3.72. The molecule has 25 heavy (non-hydrogen) atoms. The summed E-state index contributed by atoms with van der Waals surface area (Å²) in [6.45, 7) is 1.38. The Hall–Kier alpha value is -1.46. The van der Waals surface area contributed by atoms with E-state index in [-0.39, 0.29) is 22.2 Å². The van der Waals surface area contributed by atoms with Gasteiger partial charge in [0.15, 0.2) is 0 Å². The Labute approximate surface area is 156 Å². The van der Waals surface area contributed by atoms with Crippen molar-refractivity contribution < 1.29 is 17.9 Å². The molecule has 1 aliphatic rings. The summed E-state index contributed by atoms with van der Waals surface area (Å²) in [6.07, 6.45) is 3.43. The lowest BCUT2D eigenvalue weighted by atomic mass is 10.2. The summed E-state index contributed by atoms with van der Waals surface area (Å²) in [7, 11) is -0.630. The van der Waals surface area contributed by atoms with Crippen LogP contribution < -0.4 is 5.32 Å². The molecule has 1 aliphatic heterocycles. The SMILES string of the molecule is COC(=O)c1cc(S(=O)(=O)N2CCNCC2c2nccn2C)cs1.Cl. The summed E-state index contributed by atoms with van der Waals surface area (Å²) in [5.41, 5.74) is 0. The van der Waals surface area contributed by atoms with Crippen LogP contribution in [0, 0.1) is 0 Å². The van der Waals surface area contributed by atoms with E-state index in [1.165, 1.54) is 22.9 Å². The summed E-state index contributed by atoms with van der Waals surface area (Å²) < 4.78 is 34.0. The lowest BCUT2D eigenvalue weighted by Gasteiger charge is -2.34. The van der Waals surface area contributed by atoms with Gasteiger partial charge in [-0.25, -0.2) is 18.2 Å². The molecule has 11 heteroatoms. The van der Waals surface area contributed by atoms with E-state index in [0.29, 0.717) is 25.5 Å². The Balaban J connectivity index is 0.00000225. The molecular formula is C14H19ClN4O4S2. The van der Waals surface area contributed by atoms with Gasteiger partial charge in [-0.15, -0.1) is 23.7 Å². The highest BCUT2D eigenvalue weighted by atomic mass is 35.5. The Morgan fingerprint density at radius 2 is 2.24 bits per heavy atom. The fraction of sp³-hybridized carbons (Fsp3) is 0.429. The van der Waals surface area contributed by atoms with Crippen LogP contribution in [0.3, 0.4) is 0 Å². The number of sulfonamides is 1. The molecule has 0 amide bonds. The second kappa shape index (κ2) is 7.83. The third-order valence-electron chi connectivity index (χ3n) is 3.92. The van der Waals surface area contributed by atoms with Gasteiger partial charge in [0.25, 0.3) is 0 Å². The number of nitrogens with zero attached hydrogens (tertiary/aromatic N) is 3. The van der Waals surface area contributed by atoms with Crippen molar-refractivity contribution in [2.45, 2.75) is 10.9 Å². The predicted octanol–water partition coefficient (Wildman–Crippen LogP) is 1.03. The van der Waals surface area contributed by atoms with Crippen molar-refractivity contribution >= 4 is 39.7 Å². The van der Waals surface area contributed by atoms with Gasteiger partial charge in [0.2, 0.25) is 10.0 Å². The molecule has 1 fully saturated rings. The number of carbonyl (C=O) groups excluding carboxylic acids is 1. The highest BCUT2D eigenvalue weighted by Crippen LogP contribution is 2.30. The summed E-state index contributed by atoms with van der Waals surface area (Å²) >= 11 is 1.06. The van der Waals surface area contributed by atoms with Gasteiger partial charge in [-0.05, 0) is 6.07 Å². The number of thiophene rings is 1. The molecule has 1 atom stereocenters. The number of piperazine rings is 1. The summed E-state index contributed by atoms with van der Waals surface area (Å²) in [5.74, 6) is 0.136. The van der Waals surface area contributed by atoms with Crippen molar-refractivity contribution in [3.05, 3.63) is 34.5 Å². The lowest BCUT2D eigenvalue weighted by molar-refractivity contribution is 0.0606. The minimum Gasteiger partial charge on any atom is -0.465 e. The van der Waals surface area contributed by atoms with E-state index in [2.05, 4.69) is 15.0 Å². The van der Waals surface area contributed by atoms with Gasteiger partial charge in [-0.2, -0.15) is 4.31 Å². The average Bonchev–Trinajstić information content (AvgIpc) is 3.23. The fourth-order valence-corrected chi connectivity index (χ4v) is 5.45. The zero-order valence-electron chi connectivity index (χ0n) is 13.7. The Kier molecular flexibility index (Phi) is 6.22. The topological polar surface area (TPSA) is 93.5 Å². The standard InChI is InChI=1S/C14H18N4O4S2.ClH/c1-17-5-4-16-13(17)11-8-15-3-6-18(11)24(20,21)10-7-12(23-9-10)14(19)22-2;/h4-5,7,9,11,15H,3,6,8H2,1-2H3;1H. The van der Waals surface area contributed by atoms with Gasteiger partial charge in [-0.3, -0.25) is 0 Å². The maximum Gasteiger partial charge on any atom is 0.348 e. The number of hydrogen-bond acceptors (Lipinski definition) is 7. The van der Waals surface area contributed by atoms with Crippen molar-refractivity contribution in [2.75, 3.05) is 26.7 Å². The maximum absolute atomic E-state index is 13.0. The molecule has 0 saturated carbocycles. The second-order valence-electron chi connectivity index (χ2n) is 5.37. The molecule has 3 rings (SSSR count). The average molecular weight is 407 g/mol. The van der Waals surface area contributed by atoms with Crippen molar-refractivity contribution in [1.82, 2.24) is 19.2 Å². The molecule has 0 aliphatic carbocycles. The fourth-order valence-electron chi connectivity index (χ4n) is 2.69. The molecule has 1 unspecified atom stereocenters. The number of carbonyl (C=O) groups is 1. The number of esters is 1. The van der Waals surface area contributed by atoms with E-state index in [0.717, 1.165) is 11.3 Å². The summed E-state index contributed by atoms with van der Waals surface area (Å²) in [4.78, 5) is 16.2. The van der Waals surface area contributed by atoms with Crippen molar-refractivity contribution in [3.63, 3.8) is 0 Å². The molecule has 0 bridgehead atoms. The van der Waals surface area contributed by atoms with Gasteiger partial charge in [0.1, 0.15) is 10.7 Å². The van der Waals surface area contributed by atoms with Gasteiger partial charge in [0.05, 0.1) is 18.0 Å². The molecule has 0 radical (unpaired) electrons. The largest absolute Gasteiger partial charge is 0.465 e. The van der Waals surface area contributed by atoms with Crippen LogP contribution in [0.25, 0.3) is 0 Å². The van der Waals surface area contributed by atoms with Crippen LogP contribution in [-0.2, 0) is 21.8 Å². The minimum atomic E-state index is -3.73. The highest BCUT2D eigenvalue weighted by molar-refractivity contribution is 7.89. The molecule has 0 aromatic carbocycles. The monoisotopic (exact) mass is 406 g/mol. The number of hydrogen-bond donors (Lipinski definition) is 1. The Morgan fingerprint density at radius 1 is 1.48 bits per heavy atom. The molecule has 138 valence electrons. The van der Waals surface area contributed by atoms with Crippen LogP contribution in [0.15, 0.2) is 28.7 Å². The van der Waals surface area contributed by atoms with Crippen LogP contribution >= 0.6 is 23.7 Å². The number of nitrogens with one attached hydrogen (secondary N) is 1. The second-order valence-corrected chi connectivity index (χ2v) is 8.17. The maximum atomic E-state index is 13.0. The molecule has 3 heterocycles. The van der Waals surface area contributed by atoms with E-state index >= 15 is 0 Å². The first kappa shape index (κ1) is 19.9. The zero-order valence-corrected chi connectivity index (χ0v) is 16.2. The van der Waals surface area contributed by atoms with Gasteiger partial charge in [0, 0.05) is 44.5 Å². The number of ether oxygens (including phenoxy) is 1. The highest BCUT2D eigenvalue weighted by Gasteiger charge is 2.37. The predicted molar refractivity (Wildman–Crippen MR) is 95.6 cm³/mol. The number of aromatic nitrogens is 2. The van der Waals surface area contributed by atoms with Crippen molar-refractivity contribution in [3.8, 4) is 0 Å². The molecule has 2 aromatic heterocycles. The first-order valence-electron chi connectivity index (χ1n) is 7.31. The van der Waals surface area contributed by atoms with E-state index in [9.17, 15) is 13.2 Å². The summed E-state index contributed by atoms with van der Waals surface area (Å²) in [6, 6.07) is 0.966. The normalized spacial score (nSPS) is 18.6. The molecule has 1 saturated heterocycles. The third-order valence-corrected chi connectivity index (χ3v) is 6.86. The summed E-state index contributed by atoms with van der Waals surface area (Å²) in [5, 5.41) is 4.68. The Morgan fingerprint density at radius 3 is 2.88 bits per heavy atom. The van der Waals surface area contributed by atoms with Crippen molar-refractivity contribution in [2.24, 2.45) is 7.05 Å². The van der Waals surface area contributed by atoms with E-state index in [1.54, 1.807) is 12.4 Å². The first-order chi connectivity index (χ1) is 11.4. The van der Waals surface area contributed by atoms with Gasteiger partial charge < -0.3 is 14.6 Å². The lowest BCUT2D eigenvalue weighted by Crippen LogP contribution is -2.49. The quantitative estimate of drug-likeness (QED) is 0.762. The van der Waals surface area contributed by atoms with E-state index in [4.69, 9.17) is 0 Å². The van der Waals surface area contributed by atoms with Crippen LogP contribution in [0.4, 0.5) is 0 Å². The minimum absolute atomic E-state index is 0. The molecule has 0 spiro atoms. The number of methoxy groups -OCH3 is 1. The van der Waals surface area contributed by atoms with Crippen molar-refractivity contribution in [1.29, 1.82) is 0 Å². The van der Waals surface area contributed by atoms with Crippen LogP contribution in [0.1, 0.15) is 21.5 Å².